The maximum absolute atomic E-state index is 13.9. The normalized spacial score (nSPS) is 12.7. The van der Waals surface area contributed by atoms with Crippen LogP contribution in [0.2, 0.25) is 0 Å². The zero-order valence-electron chi connectivity index (χ0n) is 16.5. The van der Waals surface area contributed by atoms with Crippen molar-refractivity contribution in [2.75, 3.05) is 7.11 Å². The maximum Gasteiger partial charge on any atom is 0.252 e. The van der Waals surface area contributed by atoms with Gasteiger partial charge in [-0.25, -0.2) is 17.5 Å². The van der Waals surface area contributed by atoms with Gasteiger partial charge in [-0.3, -0.25) is 4.79 Å². The van der Waals surface area contributed by atoms with E-state index in [-0.39, 0.29) is 21.8 Å². The van der Waals surface area contributed by atoms with Crippen molar-refractivity contribution in [2.45, 2.75) is 37.2 Å². The molecular formula is C20H22FN3O4S. The molecule has 0 saturated heterocycles. The molecule has 0 aliphatic rings. The molecule has 154 valence electrons. The summed E-state index contributed by atoms with van der Waals surface area (Å²) in [5.74, 6) is -1.30. The Morgan fingerprint density at radius 3 is 2.41 bits per heavy atom. The molecular weight excluding hydrogens is 397 g/mol. The monoisotopic (exact) mass is 419 g/mol. The molecule has 0 aliphatic carbocycles. The highest BCUT2D eigenvalue weighted by Crippen LogP contribution is 2.26. The van der Waals surface area contributed by atoms with Gasteiger partial charge in [-0.1, -0.05) is 18.2 Å². The van der Waals surface area contributed by atoms with Crippen molar-refractivity contribution >= 4 is 15.9 Å². The summed E-state index contributed by atoms with van der Waals surface area (Å²) in [6.45, 7) is 5.04. The van der Waals surface area contributed by atoms with Crippen LogP contribution in [-0.4, -0.2) is 27.0 Å². The largest absolute Gasteiger partial charge is 0.495 e. The van der Waals surface area contributed by atoms with Gasteiger partial charge in [-0.05, 0) is 45.0 Å². The van der Waals surface area contributed by atoms with Crippen molar-refractivity contribution in [3.63, 3.8) is 0 Å². The van der Waals surface area contributed by atoms with Crippen molar-refractivity contribution in [3.8, 4) is 11.8 Å². The quantitative estimate of drug-likeness (QED) is 0.748. The second-order valence-corrected chi connectivity index (χ2v) is 8.93. The summed E-state index contributed by atoms with van der Waals surface area (Å²) in [4.78, 5) is 12.4. The molecule has 1 unspecified atom stereocenters. The van der Waals surface area contributed by atoms with Crippen molar-refractivity contribution < 1.29 is 22.3 Å². The minimum atomic E-state index is -3.99. The molecule has 0 radical (unpaired) electrons. The Balaban J connectivity index is 2.39. The summed E-state index contributed by atoms with van der Waals surface area (Å²) in [5, 5.41) is 11.7. The highest BCUT2D eigenvalue weighted by atomic mass is 32.2. The number of methoxy groups -OCH3 is 1. The number of hydrogen-bond donors (Lipinski definition) is 2. The smallest absolute Gasteiger partial charge is 0.252 e. The standard InChI is InChI=1S/C20H22FN3O4S/c1-20(2,3)24-29(26,27)18-11-13(9-10-17(18)28-4)19(25)23-16(12-22)14-7-5-6-8-15(14)21/h5-11,16,24H,1-4H3,(H,23,25). The molecule has 29 heavy (non-hydrogen) atoms. The number of carbonyl (C=O) groups is 1. The van der Waals surface area contributed by atoms with Crippen LogP contribution >= 0.6 is 0 Å². The number of halogens is 1. The van der Waals surface area contributed by atoms with Crippen LogP contribution in [0.4, 0.5) is 4.39 Å². The van der Waals surface area contributed by atoms with Gasteiger partial charge in [-0.2, -0.15) is 5.26 Å². The summed E-state index contributed by atoms with van der Waals surface area (Å²) in [5.41, 5.74) is -0.755. The van der Waals surface area contributed by atoms with E-state index in [9.17, 15) is 22.9 Å². The first-order chi connectivity index (χ1) is 13.5. The maximum atomic E-state index is 13.9. The van der Waals surface area contributed by atoms with Crippen molar-refractivity contribution in [1.82, 2.24) is 10.0 Å². The van der Waals surface area contributed by atoms with Crippen LogP contribution in [0.15, 0.2) is 47.4 Å². The lowest BCUT2D eigenvalue weighted by Crippen LogP contribution is -2.40. The van der Waals surface area contributed by atoms with Crippen LogP contribution in [0.3, 0.4) is 0 Å². The Kier molecular flexibility index (Phi) is 6.62. The van der Waals surface area contributed by atoms with Crippen molar-refractivity contribution in [2.24, 2.45) is 0 Å². The van der Waals surface area contributed by atoms with E-state index < -0.39 is 33.3 Å². The highest BCUT2D eigenvalue weighted by molar-refractivity contribution is 7.89. The van der Waals surface area contributed by atoms with Gasteiger partial charge in [0.25, 0.3) is 5.91 Å². The molecule has 9 heteroatoms. The van der Waals surface area contributed by atoms with Crippen molar-refractivity contribution in [1.29, 1.82) is 5.26 Å². The Morgan fingerprint density at radius 1 is 1.21 bits per heavy atom. The number of nitrogens with zero attached hydrogens (tertiary/aromatic N) is 1. The Morgan fingerprint density at radius 2 is 1.86 bits per heavy atom. The Labute approximate surface area is 169 Å². The fourth-order valence-corrected chi connectivity index (χ4v) is 4.20. The van der Waals surface area contributed by atoms with Gasteiger partial charge >= 0.3 is 0 Å². The molecule has 2 aromatic rings. The third-order valence-electron chi connectivity index (χ3n) is 3.78. The van der Waals surface area contributed by atoms with Crippen LogP contribution < -0.4 is 14.8 Å². The average Bonchev–Trinajstić information content (AvgIpc) is 2.64. The number of ether oxygens (including phenoxy) is 1. The SMILES string of the molecule is COc1ccc(C(=O)NC(C#N)c2ccccc2F)cc1S(=O)(=O)NC(C)(C)C. The fourth-order valence-electron chi connectivity index (χ4n) is 2.59. The minimum Gasteiger partial charge on any atom is -0.495 e. The molecule has 0 saturated carbocycles. The van der Waals surface area contributed by atoms with E-state index in [1.54, 1.807) is 26.8 Å². The molecule has 0 bridgehead atoms. The van der Waals surface area contributed by atoms with E-state index in [2.05, 4.69) is 10.0 Å². The number of nitrogens with one attached hydrogen (secondary N) is 2. The third kappa shape index (κ3) is 5.53. The van der Waals surface area contributed by atoms with Crippen LogP contribution in [0.1, 0.15) is 42.7 Å². The Bertz CT molecular complexity index is 1060. The first-order valence-corrected chi connectivity index (χ1v) is 10.1. The van der Waals surface area contributed by atoms with Gasteiger partial charge in [0.1, 0.15) is 22.5 Å². The summed E-state index contributed by atoms with van der Waals surface area (Å²) >= 11 is 0. The Hall–Kier alpha value is -2.96. The molecule has 2 rings (SSSR count). The number of nitriles is 1. The van der Waals surface area contributed by atoms with E-state index in [0.29, 0.717) is 0 Å². The molecule has 0 heterocycles. The van der Waals surface area contributed by atoms with E-state index in [0.717, 1.165) is 6.07 Å². The number of benzene rings is 2. The topological polar surface area (TPSA) is 108 Å². The van der Waals surface area contributed by atoms with Gasteiger partial charge in [0.15, 0.2) is 0 Å². The van der Waals surface area contributed by atoms with Gasteiger partial charge < -0.3 is 10.1 Å². The van der Waals surface area contributed by atoms with E-state index in [1.807, 2.05) is 6.07 Å². The molecule has 0 aromatic heterocycles. The minimum absolute atomic E-state index is 0.0131. The van der Waals surface area contributed by atoms with Crippen LogP contribution in [0.25, 0.3) is 0 Å². The van der Waals surface area contributed by atoms with Crippen LogP contribution in [-0.2, 0) is 10.0 Å². The van der Waals surface area contributed by atoms with Crippen LogP contribution in [0.5, 0.6) is 5.75 Å². The predicted octanol–water partition coefficient (Wildman–Crippen LogP) is 2.91. The van der Waals surface area contributed by atoms with E-state index >= 15 is 0 Å². The van der Waals surface area contributed by atoms with E-state index in [4.69, 9.17) is 4.74 Å². The summed E-state index contributed by atoms with van der Waals surface area (Å²) in [6.07, 6.45) is 0. The summed E-state index contributed by atoms with van der Waals surface area (Å²) in [6, 6.07) is 10.0. The first-order valence-electron chi connectivity index (χ1n) is 8.65. The number of carbonyl (C=O) groups excluding carboxylic acids is 1. The van der Waals surface area contributed by atoms with Gasteiger partial charge in [0, 0.05) is 16.7 Å². The molecule has 0 spiro atoms. The zero-order valence-corrected chi connectivity index (χ0v) is 17.3. The third-order valence-corrected chi connectivity index (χ3v) is 5.56. The first kappa shape index (κ1) is 22.3. The zero-order chi connectivity index (χ0) is 21.8. The second-order valence-electron chi connectivity index (χ2n) is 7.28. The molecule has 0 aliphatic heterocycles. The second kappa shape index (κ2) is 8.59. The summed E-state index contributed by atoms with van der Waals surface area (Å²) in [7, 11) is -2.68. The van der Waals surface area contributed by atoms with Gasteiger partial charge in [0.05, 0.1) is 13.2 Å². The molecule has 1 atom stereocenters. The lowest BCUT2D eigenvalue weighted by atomic mass is 10.1. The molecule has 0 fully saturated rings. The van der Waals surface area contributed by atoms with E-state index in [1.165, 1.54) is 37.4 Å². The van der Waals surface area contributed by atoms with Crippen LogP contribution in [0, 0.1) is 17.1 Å². The lowest BCUT2D eigenvalue weighted by molar-refractivity contribution is 0.0944. The average molecular weight is 419 g/mol. The number of amides is 1. The number of hydrogen-bond acceptors (Lipinski definition) is 5. The predicted molar refractivity (Wildman–Crippen MR) is 105 cm³/mol. The number of rotatable bonds is 6. The highest BCUT2D eigenvalue weighted by Gasteiger charge is 2.27. The molecule has 2 aromatic carbocycles. The number of sulfonamides is 1. The van der Waals surface area contributed by atoms with Gasteiger partial charge in [-0.15, -0.1) is 0 Å². The molecule has 2 N–H and O–H groups in total. The summed E-state index contributed by atoms with van der Waals surface area (Å²) < 4.78 is 47.0. The van der Waals surface area contributed by atoms with Crippen molar-refractivity contribution in [3.05, 3.63) is 59.4 Å². The fraction of sp³-hybridized carbons (Fsp3) is 0.300. The lowest BCUT2D eigenvalue weighted by Gasteiger charge is -2.21. The van der Waals surface area contributed by atoms with Gasteiger partial charge in [0.2, 0.25) is 10.0 Å². The molecule has 1 amide bonds. The molecule has 7 nitrogen and oxygen atoms in total.